The summed E-state index contributed by atoms with van der Waals surface area (Å²) in [6.45, 7) is 0.259. The molecule has 1 aliphatic heterocycles. The van der Waals surface area contributed by atoms with Crippen LogP contribution in [0.4, 0.5) is 0 Å². The summed E-state index contributed by atoms with van der Waals surface area (Å²) in [5, 5.41) is 0.776. The molecule has 0 spiro atoms. The summed E-state index contributed by atoms with van der Waals surface area (Å²) < 4.78 is 38.3. The molecule has 0 saturated heterocycles. The molecule has 0 fully saturated rings. The predicted octanol–water partition coefficient (Wildman–Crippen LogP) is 2.44. The van der Waals surface area contributed by atoms with E-state index in [0.29, 0.717) is 11.5 Å². The average molecular weight is 342 g/mol. The van der Waals surface area contributed by atoms with E-state index in [1.165, 1.54) is 6.20 Å². The van der Waals surface area contributed by atoms with Crippen LogP contribution in [0.3, 0.4) is 0 Å². The first-order valence-corrected chi connectivity index (χ1v) is 8.84. The van der Waals surface area contributed by atoms with Gasteiger partial charge in [0.15, 0.2) is 11.5 Å². The maximum atomic E-state index is 12.5. The fraction of sp³-hybridized carbons (Fsp3) is 0.118. The van der Waals surface area contributed by atoms with Gasteiger partial charge in [-0.15, -0.1) is 0 Å². The van der Waals surface area contributed by atoms with Crippen LogP contribution < -0.4 is 14.2 Å². The highest BCUT2D eigenvalue weighted by Gasteiger charge is 2.20. The first kappa shape index (κ1) is 14.9. The number of hydrogen-bond donors (Lipinski definition) is 1. The van der Waals surface area contributed by atoms with Crippen molar-refractivity contribution in [2.45, 2.75) is 11.4 Å². The molecule has 0 unspecified atom stereocenters. The maximum absolute atomic E-state index is 12.5. The van der Waals surface area contributed by atoms with Crippen LogP contribution in [0.5, 0.6) is 11.5 Å². The minimum atomic E-state index is -3.68. The van der Waals surface area contributed by atoms with Gasteiger partial charge in [0.05, 0.1) is 5.52 Å². The number of benzene rings is 2. The number of ether oxygens (including phenoxy) is 2. The highest BCUT2D eigenvalue weighted by Crippen LogP contribution is 2.35. The van der Waals surface area contributed by atoms with Crippen LogP contribution in [0.25, 0.3) is 10.9 Å². The lowest BCUT2D eigenvalue weighted by atomic mass is 10.2. The van der Waals surface area contributed by atoms with E-state index in [9.17, 15) is 8.42 Å². The van der Waals surface area contributed by atoms with Crippen LogP contribution in [0.15, 0.2) is 59.6 Å². The molecule has 0 amide bonds. The molecule has 1 aromatic heterocycles. The second-order valence-corrected chi connectivity index (χ2v) is 7.11. The van der Waals surface area contributed by atoms with Gasteiger partial charge in [-0.3, -0.25) is 4.98 Å². The van der Waals surface area contributed by atoms with E-state index < -0.39 is 10.0 Å². The number of fused-ring (bicyclic) bond motifs is 2. The number of pyridine rings is 1. The van der Waals surface area contributed by atoms with Crippen molar-refractivity contribution in [3.63, 3.8) is 0 Å². The normalized spacial score (nSPS) is 13.3. The van der Waals surface area contributed by atoms with Gasteiger partial charge in [-0.1, -0.05) is 30.3 Å². The second kappa shape index (κ2) is 5.77. The van der Waals surface area contributed by atoms with E-state index in [-0.39, 0.29) is 18.2 Å². The van der Waals surface area contributed by atoms with Gasteiger partial charge in [-0.05, 0) is 18.2 Å². The fourth-order valence-corrected chi connectivity index (χ4v) is 3.57. The summed E-state index contributed by atoms with van der Waals surface area (Å²) in [7, 11) is -3.68. The summed E-state index contributed by atoms with van der Waals surface area (Å²) in [4.78, 5) is 4.33. The molecule has 7 heteroatoms. The average Bonchev–Trinajstić information content (AvgIpc) is 3.09. The van der Waals surface area contributed by atoms with Gasteiger partial charge in [0.25, 0.3) is 0 Å². The molecule has 0 bridgehead atoms. The molecule has 2 heterocycles. The molecule has 24 heavy (non-hydrogen) atoms. The zero-order valence-electron chi connectivity index (χ0n) is 12.6. The van der Waals surface area contributed by atoms with Crippen molar-refractivity contribution >= 4 is 20.9 Å². The summed E-state index contributed by atoms with van der Waals surface area (Å²) >= 11 is 0. The monoisotopic (exact) mass is 342 g/mol. The third-order valence-corrected chi connectivity index (χ3v) is 5.17. The van der Waals surface area contributed by atoms with Crippen LogP contribution in [-0.4, -0.2) is 20.2 Å². The van der Waals surface area contributed by atoms with Gasteiger partial charge in [0.1, 0.15) is 4.90 Å². The van der Waals surface area contributed by atoms with Gasteiger partial charge in [-0.25, -0.2) is 13.1 Å². The van der Waals surface area contributed by atoms with Gasteiger partial charge in [0, 0.05) is 23.7 Å². The third-order valence-electron chi connectivity index (χ3n) is 3.81. The standard InChI is InChI=1S/C17H14N2O4S/c20-24(21,14-8-12-4-1-2-6-15(12)18-10-14)19-9-13-5-3-7-16-17(13)23-11-22-16/h1-8,10,19H,9,11H2. The third kappa shape index (κ3) is 2.68. The molecule has 0 saturated carbocycles. The fourth-order valence-electron chi connectivity index (χ4n) is 2.58. The van der Waals surface area contributed by atoms with E-state index in [4.69, 9.17) is 9.47 Å². The van der Waals surface area contributed by atoms with E-state index in [1.54, 1.807) is 24.3 Å². The minimum absolute atomic E-state index is 0.113. The number of hydrogen-bond acceptors (Lipinski definition) is 5. The Morgan fingerprint density at radius 2 is 1.96 bits per heavy atom. The summed E-state index contributed by atoms with van der Waals surface area (Å²) in [6.07, 6.45) is 1.36. The number of sulfonamides is 1. The lowest BCUT2D eigenvalue weighted by molar-refractivity contribution is 0.173. The number of aromatic nitrogens is 1. The zero-order chi connectivity index (χ0) is 16.6. The van der Waals surface area contributed by atoms with Crippen LogP contribution >= 0.6 is 0 Å². The quantitative estimate of drug-likeness (QED) is 0.788. The number of rotatable bonds is 4. The Bertz CT molecular complexity index is 1020. The van der Waals surface area contributed by atoms with Crippen LogP contribution in [0.2, 0.25) is 0 Å². The highest BCUT2D eigenvalue weighted by molar-refractivity contribution is 7.89. The number of nitrogens with zero attached hydrogens (tertiary/aromatic N) is 1. The van der Waals surface area contributed by atoms with Crippen molar-refractivity contribution in [3.8, 4) is 11.5 Å². The summed E-state index contributed by atoms with van der Waals surface area (Å²) in [6, 6.07) is 14.4. The van der Waals surface area contributed by atoms with Gasteiger partial charge < -0.3 is 9.47 Å². The molecule has 122 valence electrons. The van der Waals surface area contributed by atoms with Crippen molar-refractivity contribution in [1.82, 2.24) is 9.71 Å². The second-order valence-electron chi connectivity index (χ2n) is 5.34. The molecule has 1 N–H and O–H groups in total. The largest absolute Gasteiger partial charge is 0.454 e. The van der Waals surface area contributed by atoms with Crippen molar-refractivity contribution < 1.29 is 17.9 Å². The van der Waals surface area contributed by atoms with Crippen LogP contribution in [0.1, 0.15) is 5.56 Å². The minimum Gasteiger partial charge on any atom is -0.454 e. The molecule has 0 atom stereocenters. The number of nitrogens with one attached hydrogen (secondary N) is 1. The molecule has 4 rings (SSSR count). The zero-order valence-corrected chi connectivity index (χ0v) is 13.4. The van der Waals surface area contributed by atoms with E-state index >= 15 is 0 Å². The van der Waals surface area contributed by atoms with Crippen molar-refractivity contribution in [3.05, 3.63) is 60.3 Å². The first-order valence-electron chi connectivity index (χ1n) is 7.35. The Labute approximate surface area is 139 Å². The van der Waals surface area contributed by atoms with Crippen LogP contribution in [0, 0.1) is 0 Å². The SMILES string of the molecule is O=S(=O)(NCc1cccc2c1OCO2)c1cnc2ccccc2c1. The summed E-state index contributed by atoms with van der Waals surface area (Å²) in [5.41, 5.74) is 1.48. The van der Waals surface area contributed by atoms with Crippen molar-refractivity contribution in [2.24, 2.45) is 0 Å². The van der Waals surface area contributed by atoms with Crippen LogP contribution in [-0.2, 0) is 16.6 Å². The molecule has 6 nitrogen and oxygen atoms in total. The molecule has 0 radical (unpaired) electrons. The Morgan fingerprint density at radius 1 is 1.08 bits per heavy atom. The molecule has 2 aromatic carbocycles. The van der Waals surface area contributed by atoms with Gasteiger partial charge >= 0.3 is 0 Å². The summed E-state index contributed by atoms with van der Waals surface area (Å²) in [5.74, 6) is 1.20. The smallest absolute Gasteiger partial charge is 0.242 e. The van der Waals surface area contributed by atoms with Crippen molar-refractivity contribution in [2.75, 3.05) is 6.79 Å². The number of para-hydroxylation sites is 2. The van der Waals surface area contributed by atoms with Gasteiger partial charge in [-0.2, -0.15) is 0 Å². The van der Waals surface area contributed by atoms with E-state index in [2.05, 4.69) is 9.71 Å². The Kier molecular flexibility index (Phi) is 3.59. The van der Waals surface area contributed by atoms with E-state index in [0.717, 1.165) is 16.5 Å². The molecule has 3 aromatic rings. The Hall–Kier alpha value is -2.64. The van der Waals surface area contributed by atoms with Crippen molar-refractivity contribution in [1.29, 1.82) is 0 Å². The lowest BCUT2D eigenvalue weighted by Gasteiger charge is -2.09. The maximum Gasteiger partial charge on any atom is 0.242 e. The highest BCUT2D eigenvalue weighted by atomic mass is 32.2. The first-order chi connectivity index (χ1) is 11.6. The molecule has 1 aliphatic rings. The van der Waals surface area contributed by atoms with E-state index in [1.807, 2.05) is 24.3 Å². The predicted molar refractivity (Wildman–Crippen MR) is 88.3 cm³/mol. The van der Waals surface area contributed by atoms with Gasteiger partial charge in [0.2, 0.25) is 16.8 Å². The Balaban J connectivity index is 1.60. The molecular weight excluding hydrogens is 328 g/mol. The molecule has 0 aliphatic carbocycles. The Morgan fingerprint density at radius 3 is 2.88 bits per heavy atom. The lowest BCUT2D eigenvalue weighted by Crippen LogP contribution is -2.23. The topological polar surface area (TPSA) is 77.5 Å². The molecular formula is C17H14N2O4S.